The second kappa shape index (κ2) is 9.15. The minimum atomic E-state index is -4.45. The Labute approximate surface area is 175 Å². The molecule has 10 heteroatoms. The van der Waals surface area contributed by atoms with Crippen molar-refractivity contribution in [1.29, 1.82) is 0 Å². The predicted molar refractivity (Wildman–Crippen MR) is 108 cm³/mol. The van der Waals surface area contributed by atoms with Gasteiger partial charge in [-0.25, -0.2) is 4.68 Å². The number of methoxy groups -OCH3 is 2. The minimum Gasteiger partial charge on any atom is -0.383 e. The van der Waals surface area contributed by atoms with E-state index in [0.717, 1.165) is 17.5 Å². The molecule has 0 aliphatic heterocycles. The van der Waals surface area contributed by atoms with Crippen LogP contribution in [0.2, 0.25) is 0 Å². The molecule has 1 amide bonds. The van der Waals surface area contributed by atoms with E-state index in [9.17, 15) is 18.0 Å². The van der Waals surface area contributed by atoms with Crippen molar-refractivity contribution in [2.24, 2.45) is 0 Å². The highest BCUT2D eigenvalue weighted by Crippen LogP contribution is 2.34. The molecule has 0 spiro atoms. The van der Waals surface area contributed by atoms with Gasteiger partial charge in [0.25, 0.3) is 5.91 Å². The fraction of sp³-hybridized carbons (Fsp3) is 0.400. The molecule has 6 nitrogen and oxygen atoms in total. The molecule has 0 bridgehead atoms. The van der Waals surface area contributed by atoms with Gasteiger partial charge in [0.2, 0.25) is 0 Å². The normalized spacial score (nSPS) is 11.9. The largest absolute Gasteiger partial charge is 0.416 e. The lowest BCUT2D eigenvalue weighted by molar-refractivity contribution is -0.137. The molecule has 0 radical (unpaired) electrons. The average Bonchev–Trinajstić information content (AvgIpc) is 3.28. The molecule has 2 heterocycles. The first kappa shape index (κ1) is 22.3. The number of hydrogen-bond acceptors (Lipinski definition) is 5. The number of nitrogens with zero attached hydrogens (tertiary/aromatic N) is 3. The SMILES string of the molecule is COCCN(CCOC)C(=O)c1cc2c(C)nn(-c3cccc(C(F)(F)F)c3)c2s1. The Morgan fingerprint density at radius 1 is 1.17 bits per heavy atom. The molecule has 3 aromatic rings. The molecule has 0 saturated heterocycles. The summed E-state index contributed by atoms with van der Waals surface area (Å²) < 4.78 is 50.9. The van der Waals surface area contributed by atoms with Crippen LogP contribution < -0.4 is 0 Å². The van der Waals surface area contributed by atoms with Crippen molar-refractivity contribution in [3.63, 3.8) is 0 Å². The van der Waals surface area contributed by atoms with E-state index in [1.165, 1.54) is 22.1 Å². The van der Waals surface area contributed by atoms with Gasteiger partial charge >= 0.3 is 6.18 Å². The third-order valence-electron chi connectivity index (χ3n) is 4.59. The van der Waals surface area contributed by atoms with Crippen LogP contribution >= 0.6 is 11.3 Å². The van der Waals surface area contributed by atoms with E-state index in [1.54, 1.807) is 38.2 Å². The summed E-state index contributed by atoms with van der Waals surface area (Å²) in [5.74, 6) is -0.180. The van der Waals surface area contributed by atoms with Crippen LogP contribution in [-0.2, 0) is 15.7 Å². The van der Waals surface area contributed by atoms with E-state index in [4.69, 9.17) is 9.47 Å². The number of fused-ring (bicyclic) bond motifs is 1. The van der Waals surface area contributed by atoms with E-state index < -0.39 is 11.7 Å². The zero-order chi connectivity index (χ0) is 21.9. The second-order valence-corrected chi connectivity index (χ2v) is 7.68. The summed E-state index contributed by atoms with van der Waals surface area (Å²) in [7, 11) is 3.12. The fourth-order valence-corrected chi connectivity index (χ4v) is 4.17. The minimum absolute atomic E-state index is 0.180. The van der Waals surface area contributed by atoms with Gasteiger partial charge in [0.1, 0.15) is 4.83 Å². The molecule has 162 valence electrons. The summed E-state index contributed by atoms with van der Waals surface area (Å²) in [5, 5.41) is 5.12. The van der Waals surface area contributed by atoms with Crippen molar-refractivity contribution in [3.8, 4) is 5.69 Å². The number of alkyl halides is 3. The van der Waals surface area contributed by atoms with Gasteiger partial charge in [0.05, 0.1) is 35.0 Å². The van der Waals surface area contributed by atoms with Crippen LogP contribution in [0.4, 0.5) is 13.2 Å². The molecule has 3 rings (SSSR count). The summed E-state index contributed by atoms with van der Waals surface area (Å²) in [4.78, 5) is 15.8. The fourth-order valence-electron chi connectivity index (χ4n) is 3.02. The number of thiophene rings is 1. The number of ether oxygens (including phenoxy) is 2. The Bertz CT molecular complexity index is 1020. The highest BCUT2D eigenvalue weighted by molar-refractivity contribution is 7.20. The lowest BCUT2D eigenvalue weighted by atomic mass is 10.2. The summed E-state index contributed by atoms with van der Waals surface area (Å²) >= 11 is 1.20. The van der Waals surface area contributed by atoms with Crippen LogP contribution in [0.5, 0.6) is 0 Å². The van der Waals surface area contributed by atoms with Gasteiger partial charge in [-0.15, -0.1) is 11.3 Å². The van der Waals surface area contributed by atoms with Crippen molar-refractivity contribution in [1.82, 2.24) is 14.7 Å². The van der Waals surface area contributed by atoms with E-state index in [1.807, 2.05) is 0 Å². The standard InChI is InChI=1S/C20H22F3N3O3S/c1-13-16-12-17(18(27)25(7-9-28-2)8-10-29-3)30-19(16)26(24-13)15-6-4-5-14(11-15)20(21,22)23/h4-6,11-12H,7-10H2,1-3H3. The number of amides is 1. The highest BCUT2D eigenvalue weighted by Gasteiger charge is 2.31. The van der Waals surface area contributed by atoms with Gasteiger partial charge in [-0.3, -0.25) is 4.79 Å². The molecule has 0 N–H and O–H groups in total. The molecule has 0 unspecified atom stereocenters. The molecule has 30 heavy (non-hydrogen) atoms. The lowest BCUT2D eigenvalue weighted by Gasteiger charge is -2.21. The van der Waals surface area contributed by atoms with Crippen molar-refractivity contribution < 1.29 is 27.4 Å². The first-order valence-corrected chi connectivity index (χ1v) is 10.0. The molecule has 0 saturated carbocycles. The number of benzene rings is 1. The third kappa shape index (κ3) is 4.66. The number of carbonyl (C=O) groups is 1. The molecular formula is C20H22F3N3O3S. The summed E-state index contributed by atoms with van der Waals surface area (Å²) in [6.07, 6.45) is -4.45. The zero-order valence-corrected chi connectivity index (χ0v) is 17.6. The molecule has 1 aromatic carbocycles. The maximum Gasteiger partial charge on any atom is 0.416 e. The zero-order valence-electron chi connectivity index (χ0n) is 16.8. The van der Waals surface area contributed by atoms with Crippen LogP contribution in [0.25, 0.3) is 15.9 Å². The Hall–Kier alpha value is -2.43. The number of hydrogen-bond donors (Lipinski definition) is 0. The monoisotopic (exact) mass is 441 g/mol. The number of carbonyl (C=O) groups excluding carboxylic acids is 1. The molecule has 0 fully saturated rings. The number of rotatable bonds is 8. The predicted octanol–water partition coefficient (Wildman–Crippen LogP) is 4.15. The molecule has 0 atom stereocenters. The molecular weight excluding hydrogens is 419 g/mol. The molecule has 2 aromatic heterocycles. The van der Waals surface area contributed by atoms with Crippen molar-refractivity contribution in [3.05, 3.63) is 46.5 Å². The maximum absolute atomic E-state index is 13.1. The maximum atomic E-state index is 13.1. The Balaban J connectivity index is 1.98. The highest BCUT2D eigenvalue weighted by atomic mass is 32.1. The Morgan fingerprint density at radius 2 is 1.83 bits per heavy atom. The van der Waals surface area contributed by atoms with Gasteiger partial charge in [-0.1, -0.05) is 6.07 Å². The Kier molecular flexibility index (Phi) is 6.79. The third-order valence-corrected chi connectivity index (χ3v) is 5.69. The van der Waals surface area contributed by atoms with Crippen LogP contribution in [0, 0.1) is 6.92 Å². The van der Waals surface area contributed by atoms with Crippen molar-refractivity contribution in [2.75, 3.05) is 40.5 Å². The summed E-state index contributed by atoms with van der Waals surface area (Å²) in [5.41, 5.74) is 0.178. The van der Waals surface area contributed by atoms with E-state index in [2.05, 4.69) is 5.10 Å². The van der Waals surface area contributed by atoms with Crippen molar-refractivity contribution >= 4 is 27.5 Å². The second-order valence-electron chi connectivity index (χ2n) is 6.65. The van der Waals surface area contributed by atoms with Gasteiger partial charge in [0, 0.05) is 32.7 Å². The first-order chi connectivity index (χ1) is 14.3. The van der Waals surface area contributed by atoms with Crippen LogP contribution in [0.3, 0.4) is 0 Å². The van der Waals surface area contributed by atoms with E-state index >= 15 is 0 Å². The van der Waals surface area contributed by atoms with Gasteiger partial charge in [-0.2, -0.15) is 18.3 Å². The molecule has 0 aliphatic carbocycles. The van der Waals surface area contributed by atoms with E-state index in [0.29, 0.717) is 47.4 Å². The topological polar surface area (TPSA) is 56.6 Å². The lowest BCUT2D eigenvalue weighted by Crippen LogP contribution is -2.36. The number of halogens is 3. The van der Waals surface area contributed by atoms with Crippen LogP contribution in [0.1, 0.15) is 20.9 Å². The van der Waals surface area contributed by atoms with Crippen LogP contribution in [0.15, 0.2) is 30.3 Å². The quantitative estimate of drug-likeness (QED) is 0.527. The average molecular weight is 441 g/mol. The number of aromatic nitrogens is 2. The van der Waals surface area contributed by atoms with Gasteiger partial charge < -0.3 is 14.4 Å². The van der Waals surface area contributed by atoms with Gasteiger partial charge in [-0.05, 0) is 31.2 Å². The van der Waals surface area contributed by atoms with Crippen molar-refractivity contribution in [2.45, 2.75) is 13.1 Å². The summed E-state index contributed by atoms with van der Waals surface area (Å²) in [6, 6.07) is 6.71. The smallest absolute Gasteiger partial charge is 0.383 e. The Morgan fingerprint density at radius 3 is 2.43 bits per heavy atom. The van der Waals surface area contributed by atoms with E-state index in [-0.39, 0.29) is 5.91 Å². The van der Waals surface area contributed by atoms with Gasteiger partial charge in [0.15, 0.2) is 0 Å². The summed E-state index contributed by atoms with van der Waals surface area (Å²) in [6.45, 7) is 3.35. The molecule has 0 aliphatic rings. The van der Waals surface area contributed by atoms with Crippen LogP contribution in [-0.4, -0.2) is 61.1 Å². The first-order valence-electron chi connectivity index (χ1n) is 9.20. The number of aryl methyl sites for hydroxylation is 1.